The summed E-state index contributed by atoms with van der Waals surface area (Å²) >= 11 is 0. The summed E-state index contributed by atoms with van der Waals surface area (Å²) in [6.07, 6.45) is -8.78. The van der Waals surface area contributed by atoms with Crippen LogP contribution in [0.25, 0.3) is 0 Å². The van der Waals surface area contributed by atoms with Crippen molar-refractivity contribution >= 4 is 5.91 Å². The monoisotopic (exact) mass is 615 g/mol. The molecule has 2 saturated heterocycles. The van der Waals surface area contributed by atoms with Crippen molar-refractivity contribution in [3.05, 3.63) is 69.8 Å². The van der Waals surface area contributed by atoms with Gasteiger partial charge in [-0.1, -0.05) is 18.2 Å². The second-order valence-electron chi connectivity index (χ2n) is 11.4. The summed E-state index contributed by atoms with van der Waals surface area (Å²) in [4.78, 5) is 19.6. The SMILES string of the molecule is COC[C@H]1COCCN1CCCN1CCN(C(=O)c2cc(C(F)(F)F)cc(C(F)(F)F)c2)[C@H](Cc2ccc(C)c(C)c2)C1. The molecule has 43 heavy (non-hydrogen) atoms. The van der Waals surface area contributed by atoms with Crippen LogP contribution in [0.5, 0.6) is 0 Å². The third-order valence-corrected chi connectivity index (χ3v) is 8.33. The number of ether oxygens (including phenoxy) is 2. The van der Waals surface area contributed by atoms with Crippen LogP contribution < -0.4 is 0 Å². The van der Waals surface area contributed by atoms with Gasteiger partial charge in [0.1, 0.15) is 0 Å². The van der Waals surface area contributed by atoms with Crippen molar-refractivity contribution < 1.29 is 40.6 Å². The maximum absolute atomic E-state index is 13.6. The maximum Gasteiger partial charge on any atom is 0.416 e. The molecule has 2 atom stereocenters. The number of aryl methyl sites for hydroxylation is 2. The molecule has 2 aromatic rings. The van der Waals surface area contributed by atoms with Crippen molar-refractivity contribution in [2.75, 3.05) is 66.2 Å². The molecule has 2 aliphatic heterocycles. The van der Waals surface area contributed by atoms with E-state index in [0.717, 1.165) is 42.7 Å². The largest absolute Gasteiger partial charge is 0.416 e. The van der Waals surface area contributed by atoms with Crippen LogP contribution >= 0.6 is 0 Å². The number of halogens is 6. The van der Waals surface area contributed by atoms with Gasteiger partial charge in [-0.15, -0.1) is 0 Å². The molecule has 2 heterocycles. The molecule has 2 aromatic carbocycles. The molecule has 0 N–H and O–H groups in total. The van der Waals surface area contributed by atoms with Crippen molar-refractivity contribution in [2.45, 2.75) is 51.1 Å². The Kier molecular flexibility index (Phi) is 10.8. The van der Waals surface area contributed by atoms with Crippen LogP contribution in [0.1, 0.15) is 44.6 Å². The minimum Gasteiger partial charge on any atom is -0.383 e. The Morgan fingerprint density at radius 1 is 0.907 bits per heavy atom. The van der Waals surface area contributed by atoms with E-state index in [1.165, 1.54) is 4.90 Å². The zero-order chi connectivity index (χ0) is 31.4. The molecule has 0 saturated carbocycles. The molecule has 0 unspecified atom stereocenters. The number of benzene rings is 2. The van der Waals surface area contributed by atoms with E-state index in [9.17, 15) is 31.1 Å². The summed E-state index contributed by atoms with van der Waals surface area (Å²) in [6.45, 7) is 9.28. The van der Waals surface area contributed by atoms with Gasteiger partial charge in [0.05, 0.1) is 37.0 Å². The van der Waals surface area contributed by atoms with E-state index in [2.05, 4.69) is 9.80 Å². The van der Waals surface area contributed by atoms with Crippen LogP contribution in [-0.2, 0) is 28.2 Å². The Bertz CT molecular complexity index is 1220. The van der Waals surface area contributed by atoms with E-state index < -0.39 is 41.0 Å². The van der Waals surface area contributed by atoms with Crippen molar-refractivity contribution in [2.24, 2.45) is 0 Å². The average molecular weight is 616 g/mol. The quantitative estimate of drug-likeness (QED) is 0.352. The molecule has 0 bridgehead atoms. The molecular weight excluding hydrogens is 576 g/mol. The smallest absolute Gasteiger partial charge is 0.383 e. The Morgan fingerprint density at radius 2 is 1.60 bits per heavy atom. The summed E-state index contributed by atoms with van der Waals surface area (Å²) < 4.78 is 92.1. The van der Waals surface area contributed by atoms with Crippen LogP contribution in [0.15, 0.2) is 36.4 Å². The van der Waals surface area contributed by atoms with Gasteiger partial charge in [0, 0.05) is 44.9 Å². The second kappa shape index (κ2) is 14.0. The number of piperazine rings is 1. The molecule has 4 rings (SSSR count). The number of morpholine rings is 1. The molecule has 0 aromatic heterocycles. The van der Waals surface area contributed by atoms with Crippen LogP contribution in [-0.4, -0.2) is 98.9 Å². The Labute approximate surface area is 248 Å². The molecule has 0 aliphatic carbocycles. The standard InChI is InChI=1S/C31H39F6N3O3/c1-21-5-6-23(13-22(21)2)14-27-18-38(7-4-8-39-11-12-43-20-28(39)19-42-3)9-10-40(27)29(41)24-15-25(30(32,33)34)17-26(16-24)31(35,36)37/h5-6,13,15-17,27-28H,4,7-12,14,18-20H2,1-3H3/t27-,28+/m1/s1. The fraction of sp³-hybridized carbons (Fsp3) is 0.581. The van der Waals surface area contributed by atoms with Gasteiger partial charge >= 0.3 is 12.4 Å². The third kappa shape index (κ3) is 8.71. The van der Waals surface area contributed by atoms with Gasteiger partial charge in [0.25, 0.3) is 5.91 Å². The van der Waals surface area contributed by atoms with Gasteiger partial charge in [-0.3, -0.25) is 14.6 Å². The zero-order valence-electron chi connectivity index (χ0n) is 24.7. The fourth-order valence-electron chi connectivity index (χ4n) is 5.84. The lowest BCUT2D eigenvalue weighted by Crippen LogP contribution is -2.56. The number of hydrogen-bond donors (Lipinski definition) is 0. The first-order valence-electron chi connectivity index (χ1n) is 14.5. The molecule has 6 nitrogen and oxygen atoms in total. The van der Waals surface area contributed by atoms with Crippen LogP contribution in [0.3, 0.4) is 0 Å². The highest BCUT2D eigenvalue weighted by Crippen LogP contribution is 2.37. The number of carbonyl (C=O) groups excluding carboxylic acids is 1. The molecule has 2 aliphatic rings. The number of carbonyl (C=O) groups is 1. The van der Waals surface area contributed by atoms with Crippen molar-refractivity contribution in [3.8, 4) is 0 Å². The minimum absolute atomic E-state index is 0.0485. The second-order valence-corrected chi connectivity index (χ2v) is 11.4. The third-order valence-electron chi connectivity index (χ3n) is 8.33. The van der Waals surface area contributed by atoms with E-state index in [1.54, 1.807) is 7.11 Å². The van der Waals surface area contributed by atoms with Crippen molar-refractivity contribution in [1.29, 1.82) is 0 Å². The van der Waals surface area contributed by atoms with E-state index in [0.29, 0.717) is 51.5 Å². The maximum atomic E-state index is 13.6. The molecule has 0 radical (unpaired) electrons. The van der Waals surface area contributed by atoms with Gasteiger partial charge in [-0.2, -0.15) is 26.3 Å². The van der Waals surface area contributed by atoms with Gasteiger partial charge in [-0.05, 0) is 74.7 Å². The van der Waals surface area contributed by atoms with E-state index in [1.807, 2.05) is 32.0 Å². The first-order valence-corrected chi connectivity index (χ1v) is 14.5. The summed E-state index contributed by atoms with van der Waals surface area (Å²) in [5, 5.41) is 0. The lowest BCUT2D eigenvalue weighted by Gasteiger charge is -2.42. The zero-order valence-corrected chi connectivity index (χ0v) is 24.7. The fourth-order valence-corrected chi connectivity index (χ4v) is 5.84. The van der Waals surface area contributed by atoms with Crippen molar-refractivity contribution in [3.63, 3.8) is 0 Å². The summed E-state index contributed by atoms with van der Waals surface area (Å²) in [5.41, 5.74) is -0.497. The van der Waals surface area contributed by atoms with Crippen LogP contribution in [0, 0.1) is 13.8 Å². The predicted molar refractivity (Wildman–Crippen MR) is 150 cm³/mol. The Hall–Kier alpha value is -2.67. The van der Waals surface area contributed by atoms with Gasteiger partial charge in [0.2, 0.25) is 0 Å². The molecule has 238 valence electrons. The topological polar surface area (TPSA) is 45.3 Å². The van der Waals surface area contributed by atoms with Gasteiger partial charge in [-0.25, -0.2) is 0 Å². The summed E-state index contributed by atoms with van der Waals surface area (Å²) in [7, 11) is 1.66. The first kappa shape index (κ1) is 33.2. The summed E-state index contributed by atoms with van der Waals surface area (Å²) in [6, 6.07) is 6.77. The Morgan fingerprint density at radius 3 is 2.23 bits per heavy atom. The average Bonchev–Trinajstić information content (AvgIpc) is 2.95. The first-order chi connectivity index (χ1) is 20.3. The highest BCUT2D eigenvalue weighted by molar-refractivity contribution is 5.95. The minimum atomic E-state index is -5.03. The van der Waals surface area contributed by atoms with E-state index in [4.69, 9.17) is 9.47 Å². The molecule has 12 heteroatoms. The molecule has 2 fully saturated rings. The highest BCUT2D eigenvalue weighted by Gasteiger charge is 2.39. The molecule has 1 amide bonds. The normalized spacial score (nSPS) is 20.9. The number of nitrogens with zero attached hydrogens (tertiary/aromatic N) is 3. The number of rotatable bonds is 9. The molecular formula is C31H39F6N3O3. The van der Waals surface area contributed by atoms with Crippen LogP contribution in [0.4, 0.5) is 26.3 Å². The predicted octanol–water partition coefficient (Wildman–Crippen LogP) is 5.45. The van der Waals surface area contributed by atoms with Crippen molar-refractivity contribution in [1.82, 2.24) is 14.7 Å². The van der Waals surface area contributed by atoms with Gasteiger partial charge in [0.15, 0.2) is 0 Å². The lowest BCUT2D eigenvalue weighted by molar-refractivity contribution is -0.143. The lowest BCUT2D eigenvalue weighted by atomic mass is 9.97. The number of hydrogen-bond acceptors (Lipinski definition) is 5. The number of methoxy groups -OCH3 is 1. The van der Waals surface area contributed by atoms with Gasteiger partial charge < -0.3 is 14.4 Å². The number of amides is 1. The summed E-state index contributed by atoms with van der Waals surface area (Å²) in [5.74, 6) is -0.833. The van der Waals surface area contributed by atoms with E-state index >= 15 is 0 Å². The molecule has 0 spiro atoms. The number of alkyl halides is 6. The van der Waals surface area contributed by atoms with Crippen LogP contribution in [0.2, 0.25) is 0 Å². The van der Waals surface area contributed by atoms with E-state index in [-0.39, 0.29) is 18.7 Å². The highest BCUT2D eigenvalue weighted by atomic mass is 19.4. The Balaban J connectivity index is 1.54.